The summed E-state index contributed by atoms with van der Waals surface area (Å²) in [7, 11) is 0. The predicted molar refractivity (Wildman–Crippen MR) is 82.4 cm³/mol. The van der Waals surface area contributed by atoms with E-state index in [2.05, 4.69) is 21.8 Å². The smallest absolute Gasteiger partial charge is 0.220 e. The van der Waals surface area contributed by atoms with Crippen LogP contribution in [0.25, 0.3) is 11.3 Å². The summed E-state index contributed by atoms with van der Waals surface area (Å²) in [6.45, 7) is 4.04. The van der Waals surface area contributed by atoms with Gasteiger partial charge in [-0.15, -0.1) is 0 Å². The summed E-state index contributed by atoms with van der Waals surface area (Å²) in [5.74, 6) is 0.597. The van der Waals surface area contributed by atoms with E-state index >= 15 is 0 Å². The third-order valence-electron chi connectivity index (χ3n) is 3.92. The third kappa shape index (κ3) is 2.96. The molecule has 2 heterocycles. The SMILES string of the molecule is C[C@H]1CCCN(c2ccc(-c3ccnc(N)n3)cc2F)C1. The molecule has 1 saturated heterocycles. The van der Waals surface area contributed by atoms with E-state index in [1.807, 2.05) is 12.1 Å². The molecule has 110 valence electrons. The first kappa shape index (κ1) is 13.8. The molecule has 21 heavy (non-hydrogen) atoms. The summed E-state index contributed by atoms with van der Waals surface area (Å²) in [6, 6.07) is 6.98. The molecule has 0 amide bonds. The summed E-state index contributed by atoms with van der Waals surface area (Å²) >= 11 is 0. The molecule has 0 radical (unpaired) electrons. The number of piperidine rings is 1. The van der Waals surface area contributed by atoms with Crippen molar-refractivity contribution in [3.8, 4) is 11.3 Å². The molecule has 0 saturated carbocycles. The Balaban J connectivity index is 1.89. The molecule has 0 spiro atoms. The van der Waals surface area contributed by atoms with Crippen LogP contribution in [0.15, 0.2) is 30.5 Å². The number of halogens is 1. The molecule has 1 aromatic heterocycles. The summed E-state index contributed by atoms with van der Waals surface area (Å²) in [4.78, 5) is 10.1. The second kappa shape index (κ2) is 5.68. The van der Waals surface area contributed by atoms with Gasteiger partial charge in [0.1, 0.15) is 5.82 Å². The fourth-order valence-corrected chi connectivity index (χ4v) is 2.87. The summed E-state index contributed by atoms with van der Waals surface area (Å²) < 4.78 is 14.4. The minimum absolute atomic E-state index is 0.196. The van der Waals surface area contributed by atoms with Gasteiger partial charge < -0.3 is 10.6 Å². The number of hydrogen-bond donors (Lipinski definition) is 1. The van der Waals surface area contributed by atoms with Gasteiger partial charge in [-0.05, 0) is 37.0 Å². The first-order valence-electron chi connectivity index (χ1n) is 7.27. The molecule has 5 heteroatoms. The largest absolute Gasteiger partial charge is 0.369 e. The monoisotopic (exact) mass is 286 g/mol. The van der Waals surface area contributed by atoms with Crippen molar-refractivity contribution in [2.75, 3.05) is 23.7 Å². The minimum atomic E-state index is -0.209. The van der Waals surface area contributed by atoms with Crippen molar-refractivity contribution < 1.29 is 4.39 Å². The third-order valence-corrected chi connectivity index (χ3v) is 3.92. The molecule has 0 aliphatic carbocycles. The van der Waals surface area contributed by atoms with Crippen molar-refractivity contribution in [1.29, 1.82) is 0 Å². The molecule has 4 nitrogen and oxygen atoms in total. The Morgan fingerprint density at radius 2 is 2.19 bits per heavy atom. The lowest BCUT2D eigenvalue weighted by Crippen LogP contribution is -2.34. The Hall–Kier alpha value is -2.17. The lowest BCUT2D eigenvalue weighted by Gasteiger charge is -2.33. The van der Waals surface area contributed by atoms with Gasteiger partial charge in [0.25, 0.3) is 0 Å². The Kier molecular flexibility index (Phi) is 3.73. The van der Waals surface area contributed by atoms with E-state index in [1.54, 1.807) is 12.3 Å². The topological polar surface area (TPSA) is 55.0 Å². The number of aromatic nitrogens is 2. The number of nitrogens with zero attached hydrogens (tertiary/aromatic N) is 3. The normalized spacial score (nSPS) is 18.8. The molecule has 2 aromatic rings. The Morgan fingerprint density at radius 1 is 1.33 bits per heavy atom. The highest BCUT2D eigenvalue weighted by molar-refractivity contribution is 5.64. The van der Waals surface area contributed by atoms with Crippen LogP contribution in [0.3, 0.4) is 0 Å². The molecule has 1 atom stereocenters. The molecule has 1 aliphatic rings. The Bertz CT molecular complexity index is 644. The van der Waals surface area contributed by atoms with Gasteiger partial charge in [0.05, 0.1) is 11.4 Å². The van der Waals surface area contributed by atoms with Crippen LogP contribution in [-0.4, -0.2) is 23.1 Å². The predicted octanol–water partition coefficient (Wildman–Crippen LogP) is 3.10. The van der Waals surface area contributed by atoms with Crippen LogP contribution in [0.1, 0.15) is 19.8 Å². The van der Waals surface area contributed by atoms with Gasteiger partial charge >= 0.3 is 0 Å². The summed E-state index contributed by atoms with van der Waals surface area (Å²) in [6.07, 6.45) is 3.91. The van der Waals surface area contributed by atoms with Crippen LogP contribution < -0.4 is 10.6 Å². The van der Waals surface area contributed by atoms with E-state index in [-0.39, 0.29) is 11.8 Å². The summed E-state index contributed by atoms with van der Waals surface area (Å²) in [5.41, 5.74) is 7.60. The second-order valence-electron chi connectivity index (χ2n) is 5.66. The standard InChI is InChI=1S/C16H19FN4/c1-11-3-2-8-21(10-11)15-5-4-12(9-13(15)17)14-6-7-19-16(18)20-14/h4-7,9,11H,2-3,8,10H2,1H3,(H2,18,19,20)/t11-/m0/s1. The van der Waals surface area contributed by atoms with Gasteiger partial charge in [0.15, 0.2) is 0 Å². The van der Waals surface area contributed by atoms with Crippen LogP contribution in [-0.2, 0) is 0 Å². The van der Waals surface area contributed by atoms with Gasteiger partial charge in [0, 0.05) is 24.8 Å². The van der Waals surface area contributed by atoms with Gasteiger partial charge in [-0.25, -0.2) is 14.4 Å². The van der Waals surface area contributed by atoms with E-state index in [0.29, 0.717) is 17.3 Å². The van der Waals surface area contributed by atoms with Crippen LogP contribution >= 0.6 is 0 Å². The highest BCUT2D eigenvalue weighted by Gasteiger charge is 2.19. The molecule has 1 aliphatic heterocycles. The number of anilines is 2. The lowest BCUT2D eigenvalue weighted by atomic mass is 9.99. The number of rotatable bonds is 2. The van der Waals surface area contributed by atoms with Gasteiger partial charge in [-0.3, -0.25) is 0 Å². The van der Waals surface area contributed by atoms with Gasteiger partial charge in [-0.1, -0.05) is 13.0 Å². The zero-order valence-corrected chi connectivity index (χ0v) is 12.1. The van der Waals surface area contributed by atoms with Crippen LogP contribution in [0.4, 0.5) is 16.0 Å². The van der Waals surface area contributed by atoms with Crippen LogP contribution in [0, 0.1) is 11.7 Å². The number of nitrogens with two attached hydrogens (primary N) is 1. The molecule has 3 rings (SSSR count). The second-order valence-corrected chi connectivity index (χ2v) is 5.66. The van der Waals surface area contributed by atoms with Crippen molar-refractivity contribution in [3.63, 3.8) is 0 Å². The maximum atomic E-state index is 14.4. The van der Waals surface area contributed by atoms with E-state index in [9.17, 15) is 4.39 Å². The van der Waals surface area contributed by atoms with E-state index in [0.717, 1.165) is 25.1 Å². The molecular formula is C16H19FN4. The van der Waals surface area contributed by atoms with Crippen molar-refractivity contribution >= 4 is 11.6 Å². The number of hydrogen-bond acceptors (Lipinski definition) is 4. The van der Waals surface area contributed by atoms with E-state index < -0.39 is 0 Å². The zero-order chi connectivity index (χ0) is 14.8. The molecule has 2 N–H and O–H groups in total. The van der Waals surface area contributed by atoms with Crippen molar-refractivity contribution in [1.82, 2.24) is 9.97 Å². The lowest BCUT2D eigenvalue weighted by molar-refractivity contribution is 0.442. The first-order valence-corrected chi connectivity index (χ1v) is 7.27. The fraction of sp³-hybridized carbons (Fsp3) is 0.375. The van der Waals surface area contributed by atoms with Gasteiger partial charge in [-0.2, -0.15) is 0 Å². The minimum Gasteiger partial charge on any atom is -0.369 e. The molecule has 1 aromatic carbocycles. The number of benzene rings is 1. The fourth-order valence-electron chi connectivity index (χ4n) is 2.87. The van der Waals surface area contributed by atoms with E-state index in [4.69, 9.17) is 5.73 Å². The first-order chi connectivity index (χ1) is 10.1. The summed E-state index contributed by atoms with van der Waals surface area (Å²) in [5, 5.41) is 0. The van der Waals surface area contributed by atoms with Crippen molar-refractivity contribution in [2.45, 2.75) is 19.8 Å². The zero-order valence-electron chi connectivity index (χ0n) is 12.1. The average molecular weight is 286 g/mol. The molecule has 0 bridgehead atoms. The number of nitrogen functional groups attached to an aromatic ring is 1. The van der Waals surface area contributed by atoms with Crippen LogP contribution in [0.5, 0.6) is 0 Å². The van der Waals surface area contributed by atoms with Crippen LogP contribution in [0.2, 0.25) is 0 Å². The molecular weight excluding hydrogens is 267 g/mol. The van der Waals surface area contributed by atoms with Crippen molar-refractivity contribution in [3.05, 3.63) is 36.3 Å². The Morgan fingerprint density at radius 3 is 2.90 bits per heavy atom. The average Bonchev–Trinajstić information content (AvgIpc) is 2.47. The van der Waals surface area contributed by atoms with Gasteiger partial charge in [0.2, 0.25) is 5.95 Å². The highest BCUT2D eigenvalue weighted by atomic mass is 19.1. The highest BCUT2D eigenvalue weighted by Crippen LogP contribution is 2.28. The maximum Gasteiger partial charge on any atom is 0.220 e. The maximum absolute atomic E-state index is 14.4. The van der Waals surface area contributed by atoms with Crippen molar-refractivity contribution in [2.24, 2.45) is 5.92 Å². The van der Waals surface area contributed by atoms with E-state index in [1.165, 1.54) is 12.5 Å². The quantitative estimate of drug-likeness (QED) is 0.921. The Labute approximate surface area is 123 Å². The molecule has 0 unspecified atom stereocenters. The molecule has 1 fully saturated rings.